The van der Waals surface area contributed by atoms with Gasteiger partial charge >= 0.3 is 5.97 Å². The highest BCUT2D eigenvalue weighted by atomic mass is 32.2. The van der Waals surface area contributed by atoms with E-state index in [2.05, 4.69) is 24.1 Å². The third-order valence-electron chi connectivity index (χ3n) is 10.3. The van der Waals surface area contributed by atoms with E-state index in [4.69, 9.17) is 4.99 Å². The number of benzene rings is 3. The van der Waals surface area contributed by atoms with Crippen molar-refractivity contribution in [2.24, 2.45) is 15.8 Å². The summed E-state index contributed by atoms with van der Waals surface area (Å²) in [5, 5.41) is 22.9. The summed E-state index contributed by atoms with van der Waals surface area (Å²) in [4.78, 5) is 20.2. The molecule has 1 saturated carbocycles. The highest BCUT2D eigenvalue weighted by molar-refractivity contribution is 7.99. The van der Waals surface area contributed by atoms with Crippen LogP contribution >= 0.6 is 23.5 Å². The van der Waals surface area contributed by atoms with Gasteiger partial charge in [-0.15, -0.1) is 0 Å². The number of H-pyrrole nitrogens is 1. The summed E-state index contributed by atoms with van der Waals surface area (Å²) in [5.41, 5.74) is 1.08. The van der Waals surface area contributed by atoms with Crippen LogP contribution in [0.2, 0.25) is 0 Å². The minimum Gasteiger partial charge on any atom is -0.481 e. The molecule has 0 radical (unpaired) electrons. The fourth-order valence-corrected chi connectivity index (χ4v) is 9.17. The maximum atomic E-state index is 15.8. The summed E-state index contributed by atoms with van der Waals surface area (Å²) in [6, 6.07) is 14.0. The molecular weight excluding hydrogens is 678 g/mol. The number of amidine groups is 2. The van der Waals surface area contributed by atoms with E-state index in [0.717, 1.165) is 41.5 Å². The topological polar surface area (TPSA) is 101 Å². The summed E-state index contributed by atoms with van der Waals surface area (Å²) >= 11 is 2.84. The normalized spacial score (nSPS) is 22.1. The monoisotopic (exact) mass is 720 g/mol. The van der Waals surface area contributed by atoms with Crippen molar-refractivity contribution >= 4 is 52.1 Å². The number of nitrogens with one attached hydrogen (secondary N) is 3. The van der Waals surface area contributed by atoms with Gasteiger partial charge in [-0.3, -0.25) is 10.2 Å². The van der Waals surface area contributed by atoms with Crippen molar-refractivity contribution in [3.63, 3.8) is 0 Å². The molecule has 50 heavy (non-hydrogen) atoms. The first kappa shape index (κ1) is 36.1. The molecule has 4 aromatic rings. The molecule has 3 aromatic carbocycles. The molecule has 0 saturated heterocycles. The van der Waals surface area contributed by atoms with Crippen molar-refractivity contribution in [3.8, 4) is 0 Å². The van der Waals surface area contributed by atoms with Gasteiger partial charge in [0.15, 0.2) is 11.6 Å². The maximum absolute atomic E-state index is 15.8. The number of aliphatic imine (C=N–C) groups is 1. The van der Waals surface area contributed by atoms with Crippen molar-refractivity contribution in [2.75, 3.05) is 18.6 Å². The first-order chi connectivity index (χ1) is 23.8. The Morgan fingerprint density at radius 1 is 1.04 bits per heavy atom. The minimum atomic E-state index is -0.945. The van der Waals surface area contributed by atoms with Crippen LogP contribution in [-0.4, -0.2) is 46.3 Å². The van der Waals surface area contributed by atoms with E-state index in [1.54, 1.807) is 43.2 Å². The van der Waals surface area contributed by atoms with Crippen LogP contribution in [0.25, 0.3) is 10.9 Å². The molecule has 2 heterocycles. The summed E-state index contributed by atoms with van der Waals surface area (Å²) in [5.74, 6) is -1.48. The Labute approximate surface area is 299 Å². The first-order valence-electron chi connectivity index (χ1n) is 17.0. The summed E-state index contributed by atoms with van der Waals surface area (Å²) < 4.78 is 46.6. The number of halogens is 3. The second-order valence-corrected chi connectivity index (χ2v) is 16.8. The molecular formula is C39H43F3N4O2S2. The van der Waals surface area contributed by atoms with Gasteiger partial charge in [-0.05, 0) is 103 Å². The number of hydrogen-bond donors (Lipinski definition) is 4. The molecule has 1 aromatic heterocycles. The maximum Gasteiger partial charge on any atom is 0.309 e. The molecule has 2 aliphatic rings. The van der Waals surface area contributed by atoms with Crippen molar-refractivity contribution in [3.05, 3.63) is 94.4 Å². The van der Waals surface area contributed by atoms with E-state index in [1.165, 1.54) is 6.07 Å². The van der Waals surface area contributed by atoms with Gasteiger partial charge in [-0.25, -0.2) is 18.2 Å². The molecule has 2 bridgehead atoms. The average Bonchev–Trinajstić information content (AvgIpc) is 3.71. The second-order valence-electron chi connectivity index (χ2n) is 14.6. The van der Waals surface area contributed by atoms with Crippen molar-refractivity contribution in [1.82, 2.24) is 10.3 Å². The highest BCUT2D eigenvalue weighted by Gasteiger charge is 2.50. The smallest absolute Gasteiger partial charge is 0.309 e. The number of nitrogens with zero attached hydrogens (tertiary/aromatic N) is 1. The van der Waals surface area contributed by atoms with Gasteiger partial charge in [-0.1, -0.05) is 56.3 Å². The predicted molar refractivity (Wildman–Crippen MR) is 198 cm³/mol. The van der Waals surface area contributed by atoms with Crippen molar-refractivity contribution in [1.29, 1.82) is 5.41 Å². The van der Waals surface area contributed by atoms with Gasteiger partial charge in [0.1, 0.15) is 17.5 Å². The molecule has 1 fully saturated rings. The van der Waals surface area contributed by atoms with E-state index < -0.39 is 34.3 Å². The Hall–Kier alpha value is -3.70. The van der Waals surface area contributed by atoms with Gasteiger partial charge in [0, 0.05) is 23.5 Å². The Morgan fingerprint density at radius 3 is 2.54 bits per heavy atom. The SMILES string of the molecule is CN/C1=N\C(=N)[C@@](C)(c2cccc(CC3(C(=O)O)CC3)c2)CCCC(C)(C)CSCCc2c(c(F)c(F)c3[nH]ccc23)Sc2ccc(F)c1c2. The largest absolute Gasteiger partial charge is 0.481 e. The number of aromatic amines is 1. The first-order valence-corrected chi connectivity index (χ1v) is 18.9. The van der Waals surface area contributed by atoms with E-state index in [1.807, 2.05) is 31.2 Å². The average molecular weight is 721 g/mol. The molecule has 264 valence electrons. The number of fused-ring (bicyclic) bond motifs is 5. The van der Waals surface area contributed by atoms with Crippen molar-refractivity contribution in [2.45, 2.75) is 80.9 Å². The lowest BCUT2D eigenvalue weighted by Gasteiger charge is -2.32. The minimum absolute atomic E-state index is 0.0393. The number of thioether (sulfide) groups is 1. The Morgan fingerprint density at radius 2 is 1.82 bits per heavy atom. The van der Waals surface area contributed by atoms with Gasteiger partial charge in [0.05, 0.1) is 26.8 Å². The zero-order chi connectivity index (χ0) is 35.8. The summed E-state index contributed by atoms with van der Waals surface area (Å²) in [6.45, 7) is 6.42. The van der Waals surface area contributed by atoms with Crippen LogP contribution in [-0.2, 0) is 23.1 Å². The number of hydrogen-bond acceptors (Lipinski definition) is 5. The third kappa shape index (κ3) is 7.21. The van der Waals surface area contributed by atoms with Gasteiger partial charge < -0.3 is 15.4 Å². The second kappa shape index (κ2) is 14.1. The zero-order valence-electron chi connectivity index (χ0n) is 28.8. The van der Waals surface area contributed by atoms with Gasteiger partial charge in [-0.2, -0.15) is 11.8 Å². The quantitative estimate of drug-likeness (QED) is 0.168. The lowest BCUT2D eigenvalue weighted by Crippen LogP contribution is -2.34. The molecule has 6 nitrogen and oxygen atoms in total. The fourth-order valence-electron chi connectivity index (χ4n) is 6.92. The van der Waals surface area contributed by atoms with Crippen LogP contribution in [0.15, 0.2) is 69.5 Å². The third-order valence-corrected chi connectivity index (χ3v) is 12.9. The number of carbonyl (C=O) groups is 1. The van der Waals surface area contributed by atoms with E-state index in [-0.39, 0.29) is 33.1 Å². The van der Waals surface area contributed by atoms with Crippen LogP contribution in [0.1, 0.15) is 75.1 Å². The van der Waals surface area contributed by atoms with Gasteiger partial charge in [0.2, 0.25) is 0 Å². The van der Waals surface area contributed by atoms with Crippen LogP contribution in [0.3, 0.4) is 0 Å². The lowest BCUT2D eigenvalue weighted by atomic mass is 9.74. The Balaban J connectivity index is 1.43. The van der Waals surface area contributed by atoms with Crippen LogP contribution < -0.4 is 5.32 Å². The summed E-state index contributed by atoms with van der Waals surface area (Å²) in [6.07, 6.45) is 6.13. The standard InChI is InChI=1S/C39H43F3N4O2S2/c1-37(2)13-6-14-38(3,24-8-5-7-23(19-24)21-39(15-16-39)36(47)48)35(43)46-34(44-4)28-20-25(9-10-29(28)40)50-33-27(12-18-49-22-37)26-11-17-45-32(26)30(41)31(33)42/h5,7-11,17,19-20,45H,6,12-16,18,21-22H2,1-4H3,(H,47,48)(H2,43,44,46)/t38-/m1/s1. The molecule has 11 heteroatoms. The molecule has 1 atom stereocenters. The number of carboxylic acids is 1. The fraction of sp³-hybridized carbons (Fsp3) is 0.410. The number of aryl methyl sites for hydroxylation is 1. The number of aromatic nitrogens is 1. The van der Waals surface area contributed by atoms with Crippen molar-refractivity contribution < 1.29 is 23.1 Å². The number of aliphatic carboxylic acids is 1. The predicted octanol–water partition coefficient (Wildman–Crippen LogP) is 9.53. The van der Waals surface area contributed by atoms with E-state index in [9.17, 15) is 15.3 Å². The molecule has 0 amide bonds. The van der Waals surface area contributed by atoms with Crippen LogP contribution in [0, 0.1) is 33.7 Å². The van der Waals surface area contributed by atoms with Gasteiger partial charge in [0.25, 0.3) is 0 Å². The van der Waals surface area contributed by atoms with Crippen LogP contribution in [0.5, 0.6) is 0 Å². The summed E-state index contributed by atoms with van der Waals surface area (Å²) in [7, 11) is 1.61. The number of rotatable bonds is 4. The molecule has 4 N–H and O–H groups in total. The van der Waals surface area contributed by atoms with E-state index in [0.29, 0.717) is 53.7 Å². The molecule has 0 unspecified atom stereocenters. The molecule has 0 spiro atoms. The Kier molecular flexibility index (Phi) is 10.2. The highest BCUT2D eigenvalue weighted by Crippen LogP contribution is 2.49. The zero-order valence-corrected chi connectivity index (χ0v) is 30.4. The Bertz CT molecular complexity index is 1990. The van der Waals surface area contributed by atoms with Crippen LogP contribution in [0.4, 0.5) is 13.2 Å². The molecule has 1 aliphatic heterocycles. The number of carboxylic acid groups (broad SMARTS) is 1. The lowest BCUT2D eigenvalue weighted by molar-refractivity contribution is -0.143. The van der Waals surface area contributed by atoms with E-state index >= 15 is 13.2 Å². The molecule has 6 rings (SSSR count). The molecule has 1 aliphatic carbocycles.